The summed E-state index contributed by atoms with van der Waals surface area (Å²) in [7, 11) is 0. The molecular formula is C28H30FN9. The summed E-state index contributed by atoms with van der Waals surface area (Å²) in [5.74, 6) is 0.0179. The highest BCUT2D eigenvalue weighted by Crippen LogP contribution is 2.35. The molecule has 1 saturated heterocycles. The predicted octanol–water partition coefficient (Wildman–Crippen LogP) is 6.06. The van der Waals surface area contributed by atoms with Crippen LogP contribution in [-0.4, -0.2) is 48.2 Å². The van der Waals surface area contributed by atoms with Gasteiger partial charge in [0.1, 0.15) is 17.0 Å². The van der Waals surface area contributed by atoms with E-state index in [4.69, 9.17) is 0 Å². The molecule has 1 aliphatic heterocycles. The summed E-state index contributed by atoms with van der Waals surface area (Å²) in [6, 6.07) is 3.84. The van der Waals surface area contributed by atoms with Crippen LogP contribution in [0.4, 0.5) is 15.8 Å². The van der Waals surface area contributed by atoms with Crippen LogP contribution in [0.1, 0.15) is 40.0 Å². The molecule has 5 aromatic heterocycles. The van der Waals surface area contributed by atoms with Crippen LogP contribution in [0.5, 0.6) is 0 Å². The SMILES string of the molecule is C=C(Nc1cncc(-c2cnc3n[nH]c(-c4nc5nccc(N6CCCCC6)c5[nH]4)c3c2F)c1)C(C)(C)C. The number of pyridine rings is 3. The first-order valence-electron chi connectivity index (χ1n) is 12.8. The third-order valence-corrected chi connectivity index (χ3v) is 7.07. The molecule has 194 valence electrons. The summed E-state index contributed by atoms with van der Waals surface area (Å²) in [6.07, 6.45) is 10.1. The highest BCUT2D eigenvalue weighted by atomic mass is 19.1. The van der Waals surface area contributed by atoms with Gasteiger partial charge in [-0.05, 0) is 31.4 Å². The Labute approximate surface area is 219 Å². The van der Waals surface area contributed by atoms with Crippen LogP contribution < -0.4 is 10.2 Å². The fourth-order valence-corrected chi connectivity index (χ4v) is 4.76. The lowest BCUT2D eigenvalue weighted by Gasteiger charge is -2.28. The van der Waals surface area contributed by atoms with Crippen LogP contribution in [0, 0.1) is 11.2 Å². The number of aromatic amines is 2. The summed E-state index contributed by atoms with van der Waals surface area (Å²) >= 11 is 0. The molecular weight excluding hydrogens is 481 g/mol. The number of imidazole rings is 1. The van der Waals surface area contributed by atoms with Gasteiger partial charge in [-0.2, -0.15) is 5.10 Å². The first kappa shape index (κ1) is 24.0. The van der Waals surface area contributed by atoms with Crippen molar-refractivity contribution < 1.29 is 4.39 Å². The van der Waals surface area contributed by atoms with Crippen LogP contribution in [0.3, 0.4) is 0 Å². The minimum Gasteiger partial charge on any atom is -0.370 e. The van der Waals surface area contributed by atoms with E-state index in [1.54, 1.807) is 18.6 Å². The third kappa shape index (κ3) is 4.25. The second-order valence-electron chi connectivity index (χ2n) is 10.8. The van der Waals surface area contributed by atoms with Crippen molar-refractivity contribution in [2.75, 3.05) is 23.3 Å². The number of allylic oxidation sites excluding steroid dienone is 1. The van der Waals surface area contributed by atoms with Gasteiger partial charge in [0.2, 0.25) is 0 Å². The second-order valence-corrected chi connectivity index (χ2v) is 10.8. The maximum absolute atomic E-state index is 16.1. The van der Waals surface area contributed by atoms with Gasteiger partial charge < -0.3 is 15.2 Å². The number of halogens is 1. The van der Waals surface area contributed by atoms with E-state index in [9.17, 15) is 0 Å². The van der Waals surface area contributed by atoms with Gasteiger partial charge in [-0.15, -0.1) is 0 Å². The Morgan fingerprint density at radius 3 is 2.68 bits per heavy atom. The molecule has 0 unspecified atom stereocenters. The van der Waals surface area contributed by atoms with Gasteiger partial charge in [-0.1, -0.05) is 27.4 Å². The molecule has 10 heteroatoms. The summed E-state index contributed by atoms with van der Waals surface area (Å²) in [4.78, 5) is 23.6. The summed E-state index contributed by atoms with van der Waals surface area (Å²) in [5.41, 5.74) is 5.51. The van der Waals surface area contributed by atoms with Gasteiger partial charge in [0.25, 0.3) is 0 Å². The smallest absolute Gasteiger partial charge is 0.184 e. The Balaban J connectivity index is 1.41. The Bertz CT molecular complexity index is 1650. The van der Waals surface area contributed by atoms with E-state index in [2.05, 4.69) is 72.7 Å². The lowest BCUT2D eigenvalue weighted by Crippen LogP contribution is -2.29. The first-order chi connectivity index (χ1) is 18.3. The minimum absolute atomic E-state index is 0.136. The number of nitrogens with zero attached hydrogens (tertiary/aromatic N) is 6. The van der Waals surface area contributed by atoms with Crippen molar-refractivity contribution in [2.24, 2.45) is 5.41 Å². The molecule has 6 heterocycles. The zero-order valence-corrected chi connectivity index (χ0v) is 21.8. The average molecular weight is 512 g/mol. The van der Waals surface area contributed by atoms with Crippen molar-refractivity contribution in [3.63, 3.8) is 0 Å². The van der Waals surface area contributed by atoms with Gasteiger partial charge >= 0.3 is 0 Å². The number of aromatic nitrogens is 7. The Hall–Kier alpha value is -4.34. The Morgan fingerprint density at radius 1 is 1.08 bits per heavy atom. The molecule has 0 saturated carbocycles. The monoisotopic (exact) mass is 511 g/mol. The largest absolute Gasteiger partial charge is 0.370 e. The Morgan fingerprint density at radius 2 is 1.89 bits per heavy atom. The normalized spacial score (nSPS) is 14.4. The third-order valence-electron chi connectivity index (χ3n) is 7.07. The molecule has 0 spiro atoms. The van der Waals surface area contributed by atoms with Crippen molar-refractivity contribution in [3.8, 4) is 22.6 Å². The van der Waals surface area contributed by atoms with E-state index in [0.717, 1.165) is 48.5 Å². The molecule has 9 nitrogen and oxygen atoms in total. The van der Waals surface area contributed by atoms with Crippen molar-refractivity contribution in [3.05, 3.63) is 55.0 Å². The van der Waals surface area contributed by atoms with E-state index in [1.807, 2.05) is 12.1 Å². The summed E-state index contributed by atoms with van der Waals surface area (Å²) < 4.78 is 16.1. The van der Waals surface area contributed by atoms with Crippen molar-refractivity contribution >= 4 is 33.6 Å². The maximum atomic E-state index is 16.1. The first-order valence-corrected chi connectivity index (χ1v) is 12.8. The average Bonchev–Trinajstić information content (AvgIpc) is 3.54. The fraction of sp³-hybridized carbons (Fsp3) is 0.321. The number of piperidine rings is 1. The number of hydrogen-bond donors (Lipinski definition) is 3. The molecule has 0 radical (unpaired) electrons. The molecule has 0 aromatic carbocycles. The van der Waals surface area contributed by atoms with E-state index >= 15 is 4.39 Å². The van der Waals surface area contributed by atoms with Crippen LogP contribution in [0.15, 0.2) is 49.2 Å². The van der Waals surface area contributed by atoms with Crippen LogP contribution in [-0.2, 0) is 0 Å². The van der Waals surface area contributed by atoms with Crippen molar-refractivity contribution in [1.82, 2.24) is 35.1 Å². The molecule has 0 amide bonds. The van der Waals surface area contributed by atoms with Gasteiger partial charge in [-0.3, -0.25) is 10.1 Å². The number of hydrogen-bond acceptors (Lipinski definition) is 7. The molecule has 0 bridgehead atoms. The van der Waals surface area contributed by atoms with Gasteiger partial charge in [-0.25, -0.2) is 19.3 Å². The predicted molar refractivity (Wildman–Crippen MR) is 148 cm³/mol. The number of anilines is 2. The van der Waals surface area contributed by atoms with E-state index in [0.29, 0.717) is 28.3 Å². The van der Waals surface area contributed by atoms with Gasteiger partial charge in [0, 0.05) is 53.9 Å². The molecule has 3 N–H and O–H groups in total. The topological polar surface area (TPSA) is 111 Å². The van der Waals surface area contributed by atoms with E-state index in [1.165, 1.54) is 12.6 Å². The highest BCUT2D eigenvalue weighted by Gasteiger charge is 2.23. The van der Waals surface area contributed by atoms with Gasteiger partial charge in [0.15, 0.2) is 17.1 Å². The molecule has 0 aliphatic carbocycles. The number of rotatable bonds is 5. The molecule has 0 atom stereocenters. The van der Waals surface area contributed by atoms with Gasteiger partial charge in [0.05, 0.1) is 23.0 Å². The number of nitrogens with one attached hydrogen (secondary N) is 3. The lowest BCUT2D eigenvalue weighted by molar-refractivity contribution is 0.509. The molecule has 38 heavy (non-hydrogen) atoms. The Kier molecular flexibility index (Phi) is 5.81. The van der Waals surface area contributed by atoms with Crippen LogP contribution in [0.25, 0.3) is 44.8 Å². The maximum Gasteiger partial charge on any atom is 0.184 e. The standard InChI is InChI=1S/C28H30FN9/c1-16(28(2,3)4)33-18-12-17(13-30-14-18)19-15-32-25-21(22(19)29)24(36-37-25)27-34-23-20(8-9-31-26(23)35-27)38-10-6-5-7-11-38/h8-9,12-15,33H,1,5-7,10-11H2,2-4H3,(H,31,34,35)(H,32,36,37). The van der Waals surface area contributed by atoms with Crippen molar-refractivity contribution in [2.45, 2.75) is 40.0 Å². The van der Waals surface area contributed by atoms with E-state index < -0.39 is 5.82 Å². The van der Waals surface area contributed by atoms with E-state index in [-0.39, 0.29) is 16.4 Å². The zero-order valence-electron chi connectivity index (χ0n) is 21.8. The number of fused-ring (bicyclic) bond motifs is 2. The zero-order chi connectivity index (χ0) is 26.4. The molecule has 1 fully saturated rings. The lowest BCUT2D eigenvalue weighted by atomic mass is 9.93. The second kappa shape index (κ2) is 9.20. The summed E-state index contributed by atoms with van der Waals surface area (Å²) in [5, 5.41) is 10.7. The molecule has 5 aromatic rings. The van der Waals surface area contributed by atoms with Crippen LogP contribution >= 0.6 is 0 Å². The molecule has 1 aliphatic rings. The minimum atomic E-state index is -0.447. The number of H-pyrrole nitrogens is 2. The van der Waals surface area contributed by atoms with Crippen molar-refractivity contribution in [1.29, 1.82) is 0 Å². The summed E-state index contributed by atoms with van der Waals surface area (Å²) in [6.45, 7) is 12.3. The molecule has 6 rings (SSSR count). The quantitative estimate of drug-likeness (QED) is 0.263. The highest BCUT2D eigenvalue weighted by molar-refractivity contribution is 5.95. The fourth-order valence-electron chi connectivity index (χ4n) is 4.76. The van der Waals surface area contributed by atoms with Crippen LogP contribution in [0.2, 0.25) is 0 Å².